The van der Waals surface area contributed by atoms with Crippen molar-refractivity contribution >= 4 is 29.0 Å². The summed E-state index contributed by atoms with van der Waals surface area (Å²) in [6.45, 7) is 1.99. The lowest BCUT2D eigenvalue weighted by atomic mass is 10.0. The van der Waals surface area contributed by atoms with Crippen molar-refractivity contribution in [3.8, 4) is 0 Å². The molecule has 0 fully saturated rings. The lowest BCUT2D eigenvalue weighted by Crippen LogP contribution is -2.48. The molecule has 0 aliphatic carbocycles. The van der Waals surface area contributed by atoms with Gasteiger partial charge in [-0.25, -0.2) is 0 Å². The summed E-state index contributed by atoms with van der Waals surface area (Å²) in [7, 11) is 0. The third kappa shape index (κ3) is 3.60. The van der Waals surface area contributed by atoms with Gasteiger partial charge in [0.1, 0.15) is 6.17 Å². The number of fused-ring (bicyclic) bond motifs is 1. The molecule has 1 amide bonds. The van der Waals surface area contributed by atoms with E-state index in [1.54, 1.807) is 41.3 Å². The third-order valence-electron chi connectivity index (χ3n) is 4.86. The van der Waals surface area contributed by atoms with Crippen molar-refractivity contribution in [3.05, 3.63) is 106 Å². The van der Waals surface area contributed by atoms with Crippen LogP contribution in [0, 0.1) is 17.0 Å². The van der Waals surface area contributed by atoms with Crippen molar-refractivity contribution in [1.82, 2.24) is 0 Å². The maximum absolute atomic E-state index is 13.2. The van der Waals surface area contributed by atoms with Gasteiger partial charge in [0.2, 0.25) is 0 Å². The fourth-order valence-electron chi connectivity index (χ4n) is 3.38. The lowest BCUT2D eigenvalue weighted by Gasteiger charge is -2.36. The molecule has 0 aromatic heterocycles. The van der Waals surface area contributed by atoms with Crippen LogP contribution in [-0.2, 0) is 0 Å². The summed E-state index contributed by atoms with van der Waals surface area (Å²) in [5.74, 6) is -0.125. The summed E-state index contributed by atoms with van der Waals surface area (Å²) in [6.07, 6.45) is 2.97. The summed E-state index contributed by atoms with van der Waals surface area (Å²) in [5, 5.41) is 14.7. The normalized spacial score (nSPS) is 15.8. The standard InChI is InChI=1S/C23H19N3O3/c1-16-10-13-18(14-11-16)25-22(24-20-8-4-3-7-19(20)23(25)27)15-12-17-6-2-5-9-21(17)26(28)29/h2-15,22,24H,1H3/b15-12+/t22-/m1/s1. The van der Waals surface area contributed by atoms with Crippen LogP contribution >= 0.6 is 0 Å². The van der Waals surface area contributed by atoms with E-state index in [0.717, 1.165) is 16.9 Å². The Morgan fingerprint density at radius 1 is 1.00 bits per heavy atom. The van der Waals surface area contributed by atoms with Gasteiger partial charge in [0, 0.05) is 17.4 Å². The molecule has 6 heteroatoms. The molecule has 3 aromatic rings. The fourth-order valence-corrected chi connectivity index (χ4v) is 3.38. The molecule has 0 unspecified atom stereocenters. The van der Waals surface area contributed by atoms with E-state index in [-0.39, 0.29) is 11.6 Å². The van der Waals surface area contributed by atoms with Gasteiger partial charge < -0.3 is 5.32 Å². The summed E-state index contributed by atoms with van der Waals surface area (Å²) in [5.41, 5.74) is 3.67. The van der Waals surface area contributed by atoms with Gasteiger partial charge in [-0.2, -0.15) is 0 Å². The second-order valence-corrected chi connectivity index (χ2v) is 6.82. The zero-order valence-corrected chi connectivity index (χ0v) is 15.8. The van der Waals surface area contributed by atoms with Crippen LogP contribution in [0.4, 0.5) is 17.1 Å². The van der Waals surface area contributed by atoms with Crippen LogP contribution in [0.1, 0.15) is 21.5 Å². The van der Waals surface area contributed by atoms with Gasteiger partial charge in [-0.15, -0.1) is 0 Å². The van der Waals surface area contributed by atoms with Crippen LogP contribution in [0.25, 0.3) is 6.08 Å². The number of rotatable bonds is 4. The van der Waals surface area contributed by atoms with Crippen molar-refractivity contribution in [3.63, 3.8) is 0 Å². The Bertz CT molecular complexity index is 1110. The number of nitrogens with one attached hydrogen (secondary N) is 1. The van der Waals surface area contributed by atoms with Gasteiger partial charge >= 0.3 is 0 Å². The quantitative estimate of drug-likeness (QED) is 0.506. The lowest BCUT2D eigenvalue weighted by molar-refractivity contribution is -0.385. The monoisotopic (exact) mass is 385 g/mol. The predicted molar refractivity (Wildman–Crippen MR) is 114 cm³/mol. The summed E-state index contributed by atoms with van der Waals surface area (Å²) in [6, 6.07) is 21.6. The zero-order valence-electron chi connectivity index (χ0n) is 15.8. The highest BCUT2D eigenvalue weighted by atomic mass is 16.6. The van der Waals surface area contributed by atoms with Crippen molar-refractivity contribution in [2.75, 3.05) is 10.2 Å². The third-order valence-corrected chi connectivity index (χ3v) is 4.86. The minimum atomic E-state index is -0.486. The maximum atomic E-state index is 13.2. The van der Waals surface area contributed by atoms with Crippen LogP contribution in [0.2, 0.25) is 0 Å². The highest BCUT2D eigenvalue weighted by molar-refractivity contribution is 6.12. The van der Waals surface area contributed by atoms with Gasteiger partial charge in [0.05, 0.1) is 16.1 Å². The summed E-state index contributed by atoms with van der Waals surface area (Å²) in [4.78, 5) is 25.8. The van der Waals surface area contributed by atoms with Gasteiger partial charge in [0.15, 0.2) is 0 Å². The van der Waals surface area contributed by atoms with Gasteiger partial charge in [-0.05, 0) is 49.4 Å². The molecule has 1 atom stereocenters. The number of anilines is 2. The first-order valence-electron chi connectivity index (χ1n) is 9.22. The molecule has 6 nitrogen and oxygen atoms in total. The van der Waals surface area contributed by atoms with Crippen molar-refractivity contribution in [1.29, 1.82) is 0 Å². The van der Waals surface area contributed by atoms with Gasteiger partial charge in [0.25, 0.3) is 11.6 Å². The number of amides is 1. The topological polar surface area (TPSA) is 75.5 Å². The van der Waals surface area contributed by atoms with E-state index in [9.17, 15) is 14.9 Å². The first kappa shape index (κ1) is 18.4. The number of nitrogens with zero attached hydrogens (tertiary/aromatic N) is 2. The number of hydrogen-bond donors (Lipinski definition) is 1. The van der Waals surface area contributed by atoms with Gasteiger partial charge in [-0.1, -0.05) is 42.0 Å². The fraction of sp³-hybridized carbons (Fsp3) is 0.0870. The molecule has 144 valence electrons. The van der Waals surface area contributed by atoms with E-state index in [1.165, 1.54) is 6.07 Å². The summed E-state index contributed by atoms with van der Waals surface area (Å²) >= 11 is 0. The first-order valence-corrected chi connectivity index (χ1v) is 9.22. The molecule has 3 aromatic carbocycles. The number of para-hydroxylation sites is 2. The molecule has 29 heavy (non-hydrogen) atoms. The maximum Gasteiger partial charge on any atom is 0.276 e. The molecule has 1 aliphatic heterocycles. The molecule has 0 bridgehead atoms. The van der Waals surface area contributed by atoms with E-state index >= 15 is 0 Å². The minimum absolute atomic E-state index is 0.0215. The molecule has 0 saturated heterocycles. The van der Waals surface area contributed by atoms with E-state index in [4.69, 9.17) is 0 Å². The second-order valence-electron chi connectivity index (χ2n) is 6.82. The largest absolute Gasteiger partial charge is 0.361 e. The van der Waals surface area contributed by atoms with Crippen LogP contribution < -0.4 is 10.2 Å². The molecule has 4 rings (SSSR count). The number of carbonyl (C=O) groups is 1. The Morgan fingerprint density at radius 2 is 1.69 bits per heavy atom. The SMILES string of the molecule is Cc1ccc(N2C(=O)c3ccccc3N[C@H]2/C=C/c2ccccc2[N+](=O)[O-])cc1. The molecule has 1 N–H and O–H groups in total. The van der Waals surface area contributed by atoms with Crippen molar-refractivity contribution in [2.45, 2.75) is 13.1 Å². The Labute approximate surface area is 168 Å². The number of carbonyl (C=O) groups excluding carboxylic acids is 1. The van der Waals surface area contributed by atoms with E-state index in [0.29, 0.717) is 11.1 Å². The molecule has 0 saturated carbocycles. The zero-order chi connectivity index (χ0) is 20.4. The number of aryl methyl sites for hydroxylation is 1. The number of nitro groups is 1. The second kappa shape index (κ2) is 7.59. The predicted octanol–water partition coefficient (Wildman–Crippen LogP) is 5.02. The van der Waals surface area contributed by atoms with Crippen molar-refractivity contribution in [2.24, 2.45) is 0 Å². The van der Waals surface area contributed by atoms with Gasteiger partial charge in [-0.3, -0.25) is 19.8 Å². The molecule has 0 spiro atoms. The Balaban J connectivity index is 1.76. The number of benzene rings is 3. The van der Waals surface area contributed by atoms with Crippen LogP contribution in [0.15, 0.2) is 78.9 Å². The number of nitro benzene ring substituents is 1. The smallest absolute Gasteiger partial charge is 0.276 e. The molecular formula is C23H19N3O3. The summed E-state index contributed by atoms with van der Waals surface area (Å²) < 4.78 is 0. The molecule has 1 aliphatic rings. The van der Waals surface area contributed by atoms with E-state index < -0.39 is 11.1 Å². The highest BCUT2D eigenvalue weighted by Crippen LogP contribution is 2.31. The molecule has 0 radical (unpaired) electrons. The minimum Gasteiger partial charge on any atom is -0.361 e. The Kier molecular flexibility index (Phi) is 4.83. The average molecular weight is 385 g/mol. The van der Waals surface area contributed by atoms with E-state index in [2.05, 4.69) is 5.32 Å². The first-order chi connectivity index (χ1) is 14.0. The van der Waals surface area contributed by atoms with Crippen LogP contribution in [0.5, 0.6) is 0 Å². The van der Waals surface area contributed by atoms with Crippen LogP contribution in [-0.4, -0.2) is 17.0 Å². The Morgan fingerprint density at radius 3 is 2.45 bits per heavy atom. The van der Waals surface area contributed by atoms with Crippen molar-refractivity contribution < 1.29 is 9.72 Å². The molecular weight excluding hydrogens is 366 g/mol. The highest BCUT2D eigenvalue weighted by Gasteiger charge is 2.31. The molecule has 1 heterocycles. The number of hydrogen-bond acceptors (Lipinski definition) is 4. The Hall–Kier alpha value is -3.93. The van der Waals surface area contributed by atoms with Crippen LogP contribution in [0.3, 0.4) is 0 Å². The average Bonchev–Trinajstić information content (AvgIpc) is 2.73. The van der Waals surface area contributed by atoms with E-state index in [1.807, 2.05) is 49.4 Å².